The van der Waals surface area contributed by atoms with Crippen molar-refractivity contribution < 1.29 is 19.8 Å². The number of aliphatic hydroxyl groups excluding tert-OH is 1. The van der Waals surface area contributed by atoms with Crippen molar-refractivity contribution in [3.05, 3.63) is 0 Å². The summed E-state index contributed by atoms with van der Waals surface area (Å²) in [7, 11) is 0. The zero-order valence-electron chi connectivity index (χ0n) is 12.5. The van der Waals surface area contributed by atoms with Gasteiger partial charge < -0.3 is 15.5 Å². The summed E-state index contributed by atoms with van der Waals surface area (Å²) in [5, 5.41) is 21.6. The lowest BCUT2D eigenvalue weighted by Gasteiger charge is -2.28. The van der Waals surface area contributed by atoms with Crippen LogP contribution in [0.3, 0.4) is 0 Å². The fraction of sp³-hybridized carbons (Fsp3) is 0.867. The number of carbonyl (C=O) groups excluding carboxylic acids is 1. The Morgan fingerprint density at radius 2 is 1.70 bits per heavy atom. The first-order valence-electron chi connectivity index (χ1n) is 7.56. The van der Waals surface area contributed by atoms with Gasteiger partial charge in [-0.3, -0.25) is 9.59 Å². The summed E-state index contributed by atoms with van der Waals surface area (Å²) in [6.07, 6.45) is 5.08. The van der Waals surface area contributed by atoms with Crippen molar-refractivity contribution in [3.8, 4) is 0 Å². The number of aliphatic hydroxyl groups is 1. The first-order chi connectivity index (χ1) is 9.35. The van der Waals surface area contributed by atoms with Gasteiger partial charge in [0.05, 0.1) is 11.5 Å². The van der Waals surface area contributed by atoms with Gasteiger partial charge in [0, 0.05) is 12.5 Å². The number of rotatable bonds is 6. The van der Waals surface area contributed by atoms with E-state index in [-0.39, 0.29) is 18.4 Å². The van der Waals surface area contributed by atoms with E-state index >= 15 is 0 Å². The van der Waals surface area contributed by atoms with Gasteiger partial charge in [0.15, 0.2) is 0 Å². The van der Waals surface area contributed by atoms with Crippen molar-refractivity contribution in [2.24, 2.45) is 5.41 Å². The Morgan fingerprint density at radius 3 is 2.15 bits per heavy atom. The zero-order valence-corrected chi connectivity index (χ0v) is 12.5. The van der Waals surface area contributed by atoms with E-state index in [0.717, 1.165) is 25.7 Å². The second-order valence-corrected chi connectivity index (χ2v) is 6.23. The Kier molecular flexibility index (Phi) is 6.46. The molecule has 1 amide bonds. The van der Waals surface area contributed by atoms with Crippen LogP contribution in [0.4, 0.5) is 0 Å². The number of aliphatic carboxylic acids is 1. The average molecular weight is 285 g/mol. The summed E-state index contributed by atoms with van der Waals surface area (Å²) in [6, 6.07) is -0.140. The fourth-order valence-corrected chi connectivity index (χ4v) is 3.08. The maximum absolute atomic E-state index is 12.1. The first kappa shape index (κ1) is 17.0. The Balaban J connectivity index is 2.61. The molecule has 1 saturated carbocycles. The highest BCUT2D eigenvalue weighted by Gasteiger charge is 2.40. The number of carbonyl (C=O) groups is 2. The predicted octanol–water partition coefficient (Wildman–Crippen LogP) is 2.08. The van der Waals surface area contributed by atoms with Crippen LogP contribution < -0.4 is 5.32 Å². The highest BCUT2D eigenvalue weighted by molar-refractivity contribution is 5.85. The lowest BCUT2D eigenvalue weighted by Crippen LogP contribution is -2.41. The molecule has 0 radical (unpaired) electrons. The lowest BCUT2D eigenvalue weighted by atomic mass is 9.77. The lowest BCUT2D eigenvalue weighted by molar-refractivity contribution is -0.153. The molecular formula is C15H27NO4. The van der Waals surface area contributed by atoms with Gasteiger partial charge in [-0.15, -0.1) is 0 Å². The molecular weight excluding hydrogens is 258 g/mol. The largest absolute Gasteiger partial charge is 0.481 e. The van der Waals surface area contributed by atoms with E-state index in [1.807, 2.05) is 6.92 Å². The number of nitrogens with one attached hydrogen (secondary N) is 1. The standard InChI is InChI=1S/C15H27NO4/c1-11(9-12(2)17)16-13(18)10-15(14(19)20)7-5-3-4-6-8-15/h11-12,17H,3-10H2,1-2H3,(H,16,18)(H,19,20). The molecule has 0 saturated heterocycles. The second-order valence-electron chi connectivity index (χ2n) is 6.23. The monoisotopic (exact) mass is 285 g/mol. The van der Waals surface area contributed by atoms with E-state index in [4.69, 9.17) is 0 Å². The quantitative estimate of drug-likeness (QED) is 0.652. The Hall–Kier alpha value is -1.10. The highest BCUT2D eigenvalue weighted by Crippen LogP contribution is 2.38. The van der Waals surface area contributed by atoms with Crippen molar-refractivity contribution in [3.63, 3.8) is 0 Å². The summed E-state index contributed by atoms with van der Waals surface area (Å²) in [5.74, 6) is -1.07. The number of hydrogen-bond acceptors (Lipinski definition) is 3. The average Bonchev–Trinajstić information content (AvgIpc) is 2.53. The molecule has 20 heavy (non-hydrogen) atoms. The summed E-state index contributed by atoms with van der Waals surface area (Å²) < 4.78 is 0. The molecule has 5 heteroatoms. The Bertz CT molecular complexity index is 333. The predicted molar refractivity (Wildman–Crippen MR) is 76.3 cm³/mol. The summed E-state index contributed by atoms with van der Waals surface area (Å²) in [6.45, 7) is 3.50. The van der Waals surface area contributed by atoms with Crippen molar-refractivity contribution in [2.45, 2.75) is 77.4 Å². The molecule has 0 heterocycles. The summed E-state index contributed by atoms with van der Waals surface area (Å²) in [5.41, 5.74) is -0.898. The molecule has 0 spiro atoms. The van der Waals surface area contributed by atoms with E-state index in [2.05, 4.69) is 5.32 Å². The minimum Gasteiger partial charge on any atom is -0.481 e. The summed E-state index contributed by atoms with van der Waals surface area (Å²) in [4.78, 5) is 23.7. The van der Waals surface area contributed by atoms with Crippen LogP contribution in [0.1, 0.15) is 65.2 Å². The first-order valence-corrected chi connectivity index (χ1v) is 7.56. The van der Waals surface area contributed by atoms with Crippen molar-refractivity contribution >= 4 is 11.9 Å². The van der Waals surface area contributed by atoms with Crippen LogP contribution in [0.25, 0.3) is 0 Å². The van der Waals surface area contributed by atoms with Gasteiger partial charge in [-0.25, -0.2) is 0 Å². The van der Waals surface area contributed by atoms with Gasteiger partial charge in [-0.2, -0.15) is 0 Å². The van der Waals surface area contributed by atoms with E-state index in [1.165, 1.54) is 0 Å². The van der Waals surface area contributed by atoms with E-state index in [1.54, 1.807) is 6.92 Å². The molecule has 1 aliphatic carbocycles. The number of carboxylic acids is 1. The topological polar surface area (TPSA) is 86.6 Å². The summed E-state index contributed by atoms with van der Waals surface area (Å²) >= 11 is 0. The fourth-order valence-electron chi connectivity index (χ4n) is 3.08. The van der Waals surface area contributed by atoms with E-state index < -0.39 is 17.5 Å². The minimum atomic E-state index is -0.898. The molecule has 5 nitrogen and oxygen atoms in total. The highest BCUT2D eigenvalue weighted by atomic mass is 16.4. The van der Waals surface area contributed by atoms with E-state index in [9.17, 15) is 19.8 Å². The molecule has 2 unspecified atom stereocenters. The van der Waals surface area contributed by atoms with Crippen LogP contribution in [0, 0.1) is 5.41 Å². The van der Waals surface area contributed by atoms with Gasteiger partial charge in [-0.1, -0.05) is 25.7 Å². The third kappa shape index (κ3) is 5.12. The maximum Gasteiger partial charge on any atom is 0.310 e. The smallest absolute Gasteiger partial charge is 0.310 e. The van der Waals surface area contributed by atoms with Gasteiger partial charge in [-0.05, 0) is 33.1 Å². The Morgan fingerprint density at radius 1 is 1.15 bits per heavy atom. The van der Waals surface area contributed by atoms with Crippen molar-refractivity contribution in [1.82, 2.24) is 5.32 Å². The normalized spacial score (nSPS) is 21.6. The van der Waals surface area contributed by atoms with Gasteiger partial charge in [0.2, 0.25) is 5.91 Å². The molecule has 0 bridgehead atoms. The number of carboxylic acid groups (broad SMARTS) is 1. The molecule has 2 atom stereocenters. The third-order valence-corrected chi connectivity index (χ3v) is 4.12. The molecule has 0 aliphatic heterocycles. The van der Waals surface area contributed by atoms with Crippen LogP contribution >= 0.6 is 0 Å². The minimum absolute atomic E-state index is 0.0481. The van der Waals surface area contributed by atoms with E-state index in [0.29, 0.717) is 19.3 Å². The van der Waals surface area contributed by atoms with Crippen LogP contribution in [0.5, 0.6) is 0 Å². The SMILES string of the molecule is CC(O)CC(C)NC(=O)CC1(C(=O)O)CCCCCC1. The molecule has 0 aromatic heterocycles. The molecule has 116 valence electrons. The molecule has 0 aromatic rings. The number of amides is 1. The molecule has 0 aromatic carbocycles. The van der Waals surface area contributed by atoms with Gasteiger partial charge in [0.25, 0.3) is 0 Å². The Labute approximate surface area is 120 Å². The molecule has 3 N–H and O–H groups in total. The number of hydrogen-bond donors (Lipinski definition) is 3. The van der Waals surface area contributed by atoms with Crippen LogP contribution in [-0.2, 0) is 9.59 Å². The van der Waals surface area contributed by atoms with Crippen LogP contribution in [0.2, 0.25) is 0 Å². The van der Waals surface area contributed by atoms with Crippen molar-refractivity contribution in [1.29, 1.82) is 0 Å². The van der Waals surface area contributed by atoms with Crippen molar-refractivity contribution in [2.75, 3.05) is 0 Å². The second kappa shape index (κ2) is 7.62. The zero-order chi connectivity index (χ0) is 15.2. The van der Waals surface area contributed by atoms with Crippen LogP contribution in [-0.4, -0.2) is 34.2 Å². The molecule has 1 fully saturated rings. The third-order valence-electron chi connectivity index (χ3n) is 4.12. The molecule has 1 rings (SSSR count). The van der Waals surface area contributed by atoms with Crippen LogP contribution in [0.15, 0.2) is 0 Å². The maximum atomic E-state index is 12.1. The van der Waals surface area contributed by atoms with Gasteiger partial charge in [0.1, 0.15) is 0 Å². The van der Waals surface area contributed by atoms with Gasteiger partial charge >= 0.3 is 5.97 Å². The molecule has 1 aliphatic rings.